The number of ether oxygens (including phenoxy) is 1. The maximum Gasteiger partial charge on any atom is 0.453 e. The molecule has 1 heterocycles. The van der Waals surface area contributed by atoms with E-state index >= 15 is 0 Å². The third-order valence-corrected chi connectivity index (χ3v) is 5.83. The van der Waals surface area contributed by atoms with Crippen LogP contribution < -0.4 is 10.2 Å². The molecule has 36 heavy (non-hydrogen) atoms. The molecule has 1 N–H and O–H groups in total. The Morgan fingerprint density at radius 3 is 2.31 bits per heavy atom. The molecule has 0 atom stereocenters. The Labute approximate surface area is 206 Å². The van der Waals surface area contributed by atoms with E-state index < -0.39 is 23.1 Å². The van der Waals surface area contributed by atoms with Crippen LogP contribution in [0.3, 0.4) is 0 Å². The zero-order chi connectivity index (χ0) is 26.0. The summed E-state index contributed by atoms with van der Waals surface area (Å²) in [6, 6.07) is 18.6. The van der Waals surface area contributed by atoms with Crippen molar-refractivity contribution in [2.45, 2.75) is 39.0 Å². The number of hydrogen-bond acceptors (Lipinski definition) is 5. The van der Waals surface area contributed by atoms with Crippen molar-refractivity contribution in [3.05, 3.63) is 99.4 Å². The van der Waals surface area contributed by atoms with Crippen LogP contribution in [0.2, 0.25) is 0 Å². The highest BCUT2D eigenvalue weighted by Crippen LogP contribution is 2.41. The van der Waals surface area contributed by atoms with Gasteiger partial charge in [0.2, 0.25) is 11.2 Å². The largest absolute Gasteiger partial charge is 0.507 e. The summed E-state index contributed by atoms with van der Waals surface area (Å²) in [5.74, 6) is -2.65. The summed E-state index contributed by atoms with van der Waals surface area (Å²) in [7, 11) is 1.76. The predicted molar refractivity (Wildman–Crippen MR) is 131 cm³/mol. The topological polar surface area (TPSA) is 62.9 Å². The molecular formula is C28H26F3NO4. The van der Waals surface area contributed by atoms with E-state index in [1.54, 1.807) is 30.1 Å². The number of nitrogens with zero attached hydrogens (tertiary/aromatic N) is 1. The SMILES string of the molecule is CC(C)c1ccccc1Oc1c(C(F)(F)F)oc2c(CN(C)Cc3ccccc3)c(O)ccc2c1=O. The van der Waals surface area contributed by atoms with Crippen molar-refractivity contribution in [1.82, 2.24) is 4.90 Å². The van der Waals surface area contributed by atoms with Gasteiger partial charge in [0.25, 0.3) is 5.76 Å². The summed E-state index contributed by atoms with van der Waals surface area (Å²) in [6.07, 6.45) is -5.01. The molecule has 0 aliphatic rings. The molecule has 3 aromatic carbocycles. The molecule has 5 nitrogen and oxygen atoms in total. The highest BCUT2D eigenvalue weighted by Gasteiger charge is 2.41. The Morgan fingerprint density at radius 1 is 0.972 bits per heavy atom. The van der Waals surface area contributed by atoms with E-state index in [-0.39, 0.29) is 40.5 Å². The first-order valence-corrected chi connectivity index (χ1v) is 11.4. The van der Waals surface area contributed by atoms with Gasteiger partial charge in [-0.05, 0) is 42.3 Å². The van der Waals surface area contributed by atoms with Crippen LogP contribution in [0.1, 0.15) is 42.2 Å². The smallest absolute Gasteiger partial charge is 0.453 e. The van der Waals surface area contributed by atoms with Crippen LogP contribution in [-0.4, -0.2) is 17.1 Å². The zero-order valence-corrected chi connectivity index (χ0v) is 20.1. The van der Waals surface area contributed by atoms with Gasteiger partial charge in [-0.1, -0.05) is 62.4 Å². The van der Waals surface area contributed by atoms with Crippen molar-refractivity contribution < 1.29 is 27.4 Å². The molecule has 0 amide bonds. The quantitative estimate of drug-likeness (QED) is 0.296. The van der Waals surface area contributed by atoms with Gasteiger partial charge in [-0.2, -0.15) is 13.2 Å². The van der Waals surface area contributed by atoms with Crippen molar-refractivity contribution in [2.24, 2.45) is 0 Å². The van der Waals surface area contributed by atoms with E-state index in [2.05, 4.69) is 0 Å². The highest BCUT2D eigenvalue weighted by molar-refractivity contribution is 5.83. The molecule has 0 unspecified atom stereocenters. The minimum Gasteiger partial charge on any atom is -0.507 e. The molecule has 0 spiro atoms. The molecule has 0 saturated carbocycles. The van der Waals surface area contributed by atoms with Crippen LogP contribution in [0, 0.1) is 0 Å². The van der Waals surface area contributed by atoms with Crippen LogP contribution in [0.15, 0.2) is 75.9 Å². The second-order valence-electron chi connectivity index (χ2n) is 8.98. The molecule has 1 aromatic heterocycles. The highest BCUT2D eigenvalue weighted by atomic mass is 19.4. The summed E-state index contributed by atoms with van der Waals surface area (Å²) in [5, 5.41) is 10.4. The molecule has 4 aromatic rings. The number of fused-ring (bicyclic) bond motifs is 1. The molecule has 0 aliphatic carbocycles. The molecule has 0 aliphatic heterocycles. The fourth-order valence-corrected chi connectivity index (χ4v) is 4.10. The molecule has 0 saturated heterocycles. The predicted octanol–water partition coefficient (Wildman–Crippen LogP) is 7.07. The van der Waals surface area contributed by atoms with Crippen LogP contribution in [0.4, 0.5) is 13.2 Å². The van der Waals surface area contributed by atoms with Gasteiger partial charge in [-0.15, -0.1) is 0 Å². The van der Waals surface area contributed by atoms with Crippen molar-refractivity contribution in [2.75, 3.05) is 7.05 Å². The van der Waals surface area contributed by atoms with E-state index in [0.29, 0.717) is 12.1 Å². The van der Waals surface area contributed by atoms with E-state index in [9.17, 15) is 23.1 Å². The van der Waals surface area contributed by atoms with Crippen LogP contribution >= 0.6 is 0 Å². The number of phenols is 1. The lowest BCUT2D eigenvalue weighted by Crippen LogP contribution is -2.19. The number of phenolic OH excluding ortho intramolecular Hbond substituents is 1. The number of hydrogen-bond donors (Lipinski definition) is 1. The van der Waals surface area contributed by atoms with Crippen molar-refractivity contribution >= 4 is 11.0 Å². The first kappa shape index (κ1) is 25.3. The van der Waals surface area contributed by atoms with Gasteiger partial charge in [0.05, 0.1) is 10.9 Å². The van der Waals surface area contributed by atoms with Gasteiger partial charge in [0.15, 0.2) is 0 Å². The van der Waals surface area contributed by atoms with Gasteiger partial charge in [0, 0.05) is 13.1 Å². The lowest BCUT2D eigenvalue weighted by Gasteiger charge is -2.20. The summed E-state index contributed by atoms with van der Waals surface area (Å²) >= 11 is 0. The van der Waals surface area contributed by atoms with Gasteiger partial charge in [0.1, 0.15) is 17.1 Å². The third kappa shape index (κ3) is 5.23. The molecule has 4 rings (SSSR count). The lowest BCUT2D eigenvalue weighted by molar-refractivity contribution is -0.154. The molecule has 0 fully saturated rings. The van der Waals surface area contributed by atoms with E-state index in [4.69, 9.17) is 9.15 Å². The van der Waals surface area contributed by atoms with E-state index in [0.717, 1.165) is 5.56 Å². The Bertz CT molecular complexity index is 1430. The van der Waals surface area contributed by atoms with Crippen molar-refractivity contribution in [3.8, 4) is 17.2 Å². The van der Waals surface area contributed by atoms with Gasteiger partial charge >= 0.3 is 6.18 Å². The van der Waals surface area contributed by atoms with Gasteiger partial charge in [-0.25, -0.2) is 0 Å². The fraction of sp³-hybridized carbons (Fsp3) is 0.250. The minimum atomic E-state index is -5.01. The number of halogens is 3. The Hall–Kier alpha value is -3.78. The van der Waals surface area contributed by atoms with Crippen LogP contribution in [0.5, 0.6) is 17.2 Å². The second kappa shape index (κ2) is 10.1. The monoisotopic (exact) mass is 497 g/mol. The molecule has 0 bridgehead atoms. The molecule has 8 heteroatoms. The minimum absolute atomic E-state index is 0.0493. The summed E-state index contributed by atoms with van der Waals surface area (Å²) in [6.45, 7) is 4.27. The Balaban J connectivity index is 1.83. The molecular weight excluding hydrogens is 471 g/mol. The van der Waals surface area contributed by atoms with Gasteiger partial charge < -0.3 is 14.3 Å². The first-order chi connectivity index (χ1) is 17.1. The summed E-state index contributed by atoms with van der Waals surface area (Å²) < 4.78 is 53.3. The standard InChI is InChI=1S/C28H26F3NO4/c1-17(2)19-11-7-8-12-23(19)35-26-24(34)20-13-14-22(33)21(25(20)36-27(26)28(29,30)31)16-32(3)15-18-9-5-4-6-10-18/h4-14,17,33H,15-16H2,1-3H3. The number of benzene rings is 3. The summed E-state index contributed by atoms with van der Waals surface area (Å²) in [5.41, 5.74) is 0.434. The molecule has 188 valence electrons. The fourth-order valence-electron chi connectivity index (χ4n) is 4.10. The number of alkyl halides is 3. The maximum absolute atomic E-state index is 14.1. The Kier molecular flexibility index (Phi) is 7.08. The van der Waals surface area contributed by atoms with Crippen LogP contribution in [0.25, 0.3) is 11.0 Å². The Morgan fingerprint density at radius 2 is 1.64 bits per heavy atom. The van der Waals surface area contributed by atoms with Gasteiger partial charge in [-0.3, -0.25) is 9.69 Å². The average molecular weight is 498 g/mol. The van der Waals surface area contributed by atoms with E-state index in [1.165, 1.54) is 18.2 Å². The zero-order valence-electron chi connectivity index (χ0n) is 20.1. The number of rotatable bonds is 7. The van der Waals surface area contributed by atoms with Crippen molar-refractivity contribution in [3.63, 3.8) is 0 Å². The molecule has 0 radical (unpaired) electrons. The summed E-state index contributed by atoms with van der Waals surface area (Å²) in [4.78, 5) is 15.1. The first-order valence-electron chi connectivity index (χ1n) is 11.4. The number of para-hydroxylation sites is 1. The normalized spacial score (nSPS) is 12.0. The number of aromatic hydroxyl groups is 1. The maximum atomic E-state index is 14.1. The third-order valence-electron chi connectivity index (χ3n) is 5.83. The second-order valence-corrected chi connectivity index (χ2v) is 8.98. The lowest BCUT2D eigenvalue weighted by atomic mass is 10.0. The van der Waals surface area contributed by atoms with Crippen LogP contribution in [-0.2, 0) is 19.3 Å². The average Bonchev–Trinajstić information content (AvgIpc) is 2.82. The van der Waals surface area contributed by atoms with Crippen molar-refractivity contribution in [1.29, 1.82) is 0 Å². The van der Waals surface area contributed by atoms with E-state index in [1.807, 2.05) is 44.2 Å².